The number of nitrogens with zero attached hydrogens (tertiary/aromatic N) is 3. The van der Waals surface area contributed by atoms with Crippen LogP contribution in [-0.2, 0) is 4.79 Å². The van der Waals surface area contributed by atoms with Gasteiger partial charge in [-0.25, -0.2) is 0 Å². The van der Waals surface area contributed by atoms with Crippen LogP contribution in [0, 0.1) is 0 Å². The first-order valence-electron chi connectivity index (χ1n) is 7.66. The Morgan fingerprint density at radius 2 is 1.37 bits per heavy atom. The maximum Gasteiger partial charge on any atom is 0.219 e. The van der Waals surface area contributed by atoms with Crippen molar-refractivity contribution in [1.82, 2.24) is 20.0 Å². The monoisotopic (exact) mass is 270 g/mol. The standard InChI is InChI=1S/C12H24N4O.C2H6/c1-12(17)16-10-8-15(9-11-16)7-6-14-4-2-13-3-5-14;1-2/h13H,2-11H2,1H3;1-2H3. The molecule has 0 bridgehead atoms. The van der Waals surface area contributed by atoms with Crippen molar-refractivity contribution in [2.24, 2.45) is 0 Å². The minimum absolute atomic E-state index is 0.215. The van der Waals surface area contributed by atoms with E-state index in [9.17, 15) is 4.79 Å². The number of carbonyl (C=O) groups excluding carboxylic acids is 1. The average Bonchev–Trinajstić information content (AvgIpc) is 2.49. The Bertz CT molecular complexity index is 246. The van der Waals surface area contributed by atoms with Crippen molar-refractivity contribution >= 4 is 5.91 Å². The molecule has 1 N–H and O–H groups in total. The van der Waals surface area contributed by atoms with Crippen molar-refractivity contribution < 1.29 is 4.79 Å². The topological polar surface area (TPSA) is 38.8 Å². The molecule has 2 heterocycles. The molecule has 112 valence electrons. The lowest BCUT2D eigenvalue weighted by Crippen LogP contribution is -2.51. The van der Waals surface area contributed by atoms with Crippen LogP contribution in [0.4, 0.5) is 0 Å². The SMILES string of the molecule is CC.CC(=O)N1CCN(CCN2CCNCC2)CC1. The third-order valence-corrected chi connectivity index (χ3v) is 3.76. The van der Waals surface area contributed by atoms with Crippen molar-refractivity contribution in [2.75, 3.05) is 65.4 Å². The molecule has 2 rings (SSSR count). The number of rotatable bonds is 3. The first-order chi connectivity index (χ1) is 9.25. The van der Waals surface area contributed by atoms with Crippen LogP contribution in [0.1, 0.15) is 20.8 Å². The van der Waals surface area contributed by atoms with E-state index in [1.807, 2.05) is 18.7 Å². The Morgan fingerprint density at radius 3 is 1.84 bits per heavy atom. The Labute approximate surface area is 117 Å². The van der Waals surface area contributed by atoms with Gasteiger partial charge in [0.2, 0.25) is 5.91 Å². The van der Waals surface area contributed by atoms with E-state index in [1.165, 1.54) is 19.6 Å². The maximum atomic E-state index is 11.2. The summed E-state index contributed by atoms with van der Waals surface area (Å²) in [5.41, 5.74) is 0. The zero-order chi connectivity index (χ0) is 14.1. The van der Waals surface area contributed by atoms with Crippen LogP contribution in [-0.4, -0.2) is 86.1 Å². The van der Waals surface area contributed by atoms with E-state index in [-0.39, 0.29) is 5.91 Å². The average molecular weight is 270 g/mol. The minimum Gasteiger partial charge on any atom is -0.340 e. The van der Waals surface area contributed by atoms with Gasteiger partial charge in [0, 0.05) is 72.4 Å². The zero-order valence-electron chi connectivity index (χ0n) is 12.8. The highest BCUT2D eigenvalue weighted by molar-refractivity contribution is 5.73. The van der Waals surface area contributed by atoms with Crippen LogP contribution in [0.25, 0.3) is 0 Å². The van der Waals surface area contributed by atoms with Crippen LogP contribution < -0.4 is 5.32 Å². The van der Waals surface area contributed by atoms with Gasteiger partial charge in [0.15, 0.2) is 0 Å². The second-order valence-electron chi connectivity index (χ2n) is 4.94. The van der Waals surface area contributed by atoms with Crippen LogP contribution in [0.15, 0.2) is 0 Å². The van der Waals surface area contributed by atoms with Gasteiger partial charge in [0.25, 0.3) is 0 Å². The molecule has 2 aliphatic rings. The largest absolute Gasteiger partial charge is 0.340 e. The summed E-state index contributed by atoms with van der Waals surface area (Å²) in [4.78, 5) is 18.1. The summed E-state index contributed by atoms with van der Waals surface area (Å²) in [6, 6.07) is 0. The lowest BCUT2D eigenvalue weighted by Gasteiger charge is -2.36. The molecule has 0 aromatic rings. The summed E-state index contributed by atoms with van der Waals surface area (Å²) >= 11 is 0. The Morgan fingerprint density at radius 1 is 0.895 bits per heavy atom. The fourth-order valence-corrected chi connectivity index (χ4v) is 2.50. The summed E-state index contributed by atoms with van der Waals surface area (Å²) in [6.07, 6.45) is 0. The van der Waals surface area contributed by atoms with Gasteiger partial charge in [-0.05, 0) is 0 Å². The molecular weight excluding hydrogens is 240 g/mol. The molecule has 2 saturated heterocycles. The van der Waals surface area contributed by atoms with Gasteiger partial charge in [0.1, 0.15) is 0 Å². The molecule has 2 fully saturated rings. The molecule has 0 aromatic carbocycles. The summed E-state index contributed by atoms with van der Waals surface area (Å²) in [6.45, 7) is 16.4. The van der Waals surface area contributed by atoms with Crippen molar-refractivity contribution in [3.8, 4) is 0 Å². The normalized spacial score (nSPS) is 21.7. The number of hydrogen-bond acceptors (Lipinski definition) is 4. The van der Waals surface area contributed by atoms with Gasteiger partial charge in [-0.2, -0.15) is 0 Å². The molecule has 0 radical (unpaired) electrons. The van der Waals surface area contributed by atoms with Crippen LogP contribution in [0.5, 0.6) is 0 Å². The summed E-state index contributed by atoms with van der Waals surface area (Å²) in [7, 11) is 0. The number of carbonyl (C=O) groups is 1. The first-order valence-corrected chi connectivity index (χ1v) is 7.66. The number of nitrogens with one attached hydrogen (secondary N) is 1. The number of piperazine rings is 2. The third kappa shape index (κ3) is 5.89. The van der Waals surface area contributed by atoms with Gasteiger partial charge in [-0.3, -0.25) is 14.6 Å². The lowest BCUT2D eigenvalue weighted by atomic mass is 10.3. The van der Waals surface area contributed by atoms with E-state index >= 15 is 0 Å². The van der Waals surface area contributed by atoms with Crippen molar-refractivity contribution in [2.45, 2.75) is 20.8 Å². The maximum absolute atomic E-state index is 11.2. The molecule has 5 heteroatoms. The van der Waals surface area contributed by atoms with Gasteiger partial charge in [-0.1, -0.05) is 13.8 Å². The van der Waals surface area contributed by atoms with Crippen LogP contribution in [0.2, 0.25) is 0 Å². The second-order valence-corrected chi connectivity index (χ2v) is 4.94. The molecule has 0 aromatic heterocycles. The molecule has 0 aliphatic carbocycles. The summed E-state index contributed by atoms with van der Waals surface area (Å²) < 4.78 is 0. The van der Waals surface area contributed by atoms with E-state index in [0.29, 0.717) is 0 Å². The van der Waals surface area contributed by atoms with E-state index in [1.54, 1.807) is 6.92 Å². The Hall–Kier alpha value is -0.650. The van der Waals surface area contributed by atoms with Crippen molar-refractivity contribution in [1.29, 1.82) is 0 Å². The Kier molecular flexibility index (Phi) is 8.02. The minimum atomic E-state index is 0.215. The molecule has 0 unspecified atom stereocenters. The smallest absolute Gasteiger partial charge is 0.219 e. The van der Waals surface area contributed by atoms with Gasteiger partial charge < -0.3 is 10.2 Å². The van der Waals surface area contributed by atoms with E-state index in [4.69, 9.17) is 0 Å². The van der Waals surface area contributed by atoms with Gasteiger partial charge >= 0.3 is 0 Å². The van der Waals surface area contributed by atoms with E-state index < -0.39 is 0 Å². The molecule has 2 aliphatic heterocycles. The van der Waals surface area contributed by atoms with Crippen molar-refractivity contribution in [3.63, 3.8) is 0 Å². The Balaban J connectivity index is 0.000000861. The molecule has 0 spiro atoms. The molecular formula is C14H30N4O. The highest BCUT2D eigenvalue weighted by Gasteiger charge is 2.19. The highest BCUT2D eigenvalue weighted by atomic mass is 16.2. The lowest BCUT2D eigenvalue weighted by molar-refractivity contribution is -0.130. The molecule has 0 saturated carbocycles. The quantitative estimate of drug-likeness (QED) is 0.788. The number of hydrogen-bond donors (Lipinski definition) is 1. The van der Waals surface area contributed by atoms with E-state index in [0.717, 1.165) is 45.8 Å². The number of amides is 1. The fraction of sp³-hybridized carbons (Fsp3) is 0.929. The molecule has 1 amide bonds. The van der Waals surface area contributed by atoms with Gasteiger partial charge in [-0.15, -0.1) is 0 Å². The van der Waals surface area contributed by atoms with Crippen LogP contribution in [0.3, 0.4) is 0 Å². The predicted octanol–water partition coefficient (Wildman–Crippen LogP) is 0.0819. The molecule has 0 atom stereocenters. The van der Waals surface area contributed by atoms with Gasteiger partial charge in [0.05, 0.1) is 0 Å². The van der Waals surface area contributed by atoms with Crippen LogP contribution >= 0.6 is 0 Å². The summed E-state index contributed by atoms with van der Waals surface area (Å²) in [5.74, 6) is 0.215. The van der Waals surface area contributed by atoms with Crippen molar-refractivity contribution in [3.05, 3.63) is 0 Å². The van der Waals surface area contributed by atoms with E-state index in [2.05, 4.69) is 15.1 Å². The molecule has 19 heavy (non-hydrogen) atoms. The third-order valence-electron chi connectivity index (χ3n) is 3.76. The first kappa shape index (κ1) is 16.4. The summed E-state index contributed by atoms with van der Waals surface area (Å²) in [5, 5.41) is 3.37. The zero-order valence-corrected chi connectivity index (χ0v) is 12.8. The highest BCUT2D eigenvalue weighted by Crippen LogP contribution is 2.02. The molecule has 5 nitrogen and oxygen atoms in total. The fourth-order valence-electron chi connectivity index (χ4n) is 2.50. The predicted molar refractivity (Wildman–Crippen MR) is 79.4 cm³/mol. The second kappa shape index (κ2) is 9.28.